The summed E-state index contributed by atoms with van der Waals surface area (Å²) in [6.07, 6.45) is 5.46. The predicted octanol–water partition coefficient (Wildman–Crippen LogP) is 4.06. The first-order valence-electron chi connectivity index (χ1n) is 6.71. The number of nitrogens with one attached hydrogen (secondary N) is 1. The molecule has 0 bridgehead atoms. The maximum atomic E-state index is 12.0. The van der Waals surface area contributed by atoms with Gasteiger partial charge in [0.2, 0.25) is 5.91 Å². The van der Waals surface area contributed by atoms with Crippen LogP contribution in [0.15, 0.2) is 28.7 Å². The minimum Gasteiger partial charge on any atom is -0.355 e. The van der Waals surface area contributed by atoms with Gasteiger partial charge in [-0.3, -0.25) is 4.79 Å². The van der Waals surface area contributed by atoms with E-state index in [1.165, 1.54) is 25.7 Å². The molecule has 104 valence electrons. The van der Waals surface area contributed by atoms with Crippen molar-refractivity contribution in [2.75, 3.05) is 11.9 Å². The van der Waals surface area contributed by atoms with Crippen molar-refractivity contribution in [1.82, 2.24) is 5.32 Å². The Morgan fingerprint density at radius 2 is 2.05 bits per heavy atom. The van der Waals surface area contributed by atoms with Crippen molar-refractivity contribution in [3.63, 3.8) is 0 Å². The summed E-state index contributed by atoms with van der Waals surface area (Å²) < 4.78 is 1.02. The van der Waals surface area contributed by atoms with Crippen LogP contribution in [0.5, 0.6) is 0 Å². The Morgan fingerprint density at radius 3 is 2.68 bits per heavy atom. The number of hydrogen-bond donors (Lipinski definition) is 1. The Kier molecular flexibility index (Phi) is 5.46. The number of hydrogen-bond acceptors (Lipinski definition) is 1. The van der Waals surface area contributed by atoms with E-state index in [0.717, 1.165) is 21.9 Å². The van der Waals surface area contributed by atoms with Crippen LogP contribution in [0.3, 0.4) is 0 Å². The molecule has 0 radical (unpaired) electrons. The van der Waals surface area contributed by atoms with Gasteiger partial charge >= 0.3 is 0 Å². The maximum absolute atomic E-state index is 12.0. The summed E-state index contributed by atoms with van der Waals surface area (Å²) in [6.45, 7) is 0.797. The van der Waals surface area contributed by atoms with Crippen LogP contribution in [0.1, 0.15) is 31.2 Å². The molecule has 1 saturated carbocycles. The van der Waals surface area contributed by atoms with E-state index >= 15 is 0 Å². The van der Waals surface area contributed by atoms with Crippen LogP contribution in [0.25, 0.3) is 0 Å². The number of rotatable bonds is 5. The molecule has 19 heavy (non-hydrogen) atoms. The Labute approximate surface area is 131 Å². The molecule has 0 saturated heterocycles. The van der Waals surface area contributed by atoms with Crippen molar-refractivity contribution in [1.29, 1.82) is 0 Å². The molecule has 1 amide bonds. The van der Waals surface area contributed by atoms with Crippen LogP contribution in [0.2, 0.25) is 0 Å². The standard InChI is InChI=1S/C15H19Br2NO/c16-10-15(6-1-2-7-15)11-18-14(19)9-12-4-3-5-13(17)8-12/h3-5,8H,1-2,6-7,9-11H2,(H,18,19). The molecule has 2 nitrogen and oxygen atoms in total. The molecular weight excluding hydrogens is 370 g/mol. The van der Waals surface area contributed by atoms with Crippen molar-refractivity contribution in [3.8, 4) is 0 Å². The molecule has 0 spiro atoms. The van der Waals surface area contributed by atoms with E-state index in [1.807, 2.05) is 24.3 Å². The van der Waals surface area contributed by atoms with Crippen LogP contribution >= 0.6 is 31.9 Å². The molecule has 0 atom stereocenters. The summed E-state index contributed by atoms with van der Waals surface area (Å²) in [6, 6.07) is 7.92. The first-order valence-corrected chi connectivity index (χ1v) is 8.62. The van der Waals surface area contributed by atoms with Crippen LogP contribution in [0, 0.1) is 5.41 Å². The largest absolute Gasteiger partial charge is 0.355 e. The van der Waals surface area contributed by atoms with Crippen LogP contribution in [0.4, 0.5) is 0 Å². The Bertz CT molecular complexity index is 442. The highest BCUT2D eigenvalue weighted by Crippen LogP contribution is 2.38. The van der Waals surface area contributed by atoms with Crippen LogP contribution in [-0.4, -0.2) is 17.8 Å². The highest BCUT2D eigenvalue weighted by Gasteiger charge is 2.32. The van der Waals surface area contributed by atoms with E-state index in [-0.39, 0.29) is 11.3 Å². The zero-order chi connectivity index (χ0) is 13.7. The van der Waals surface area contributed by atoms with E-state index < -0.39 is 0 Å². The fraction of sp³-hybridized carbons (Fsp3) is 0.533. The van der Waals surface area contributed by atoms with Gasteiger partial charge in [0.15, 0.2) is 0 Å². The summed E-state index contributed by atoms with van der Waals surface area (Å²) in [7, 11) is 0. The third kappa shape index (κ3) is 4.32. The van der Waals surface area contributed by atoms with Gasteiger partial charge in [-0.25, -0.2) is 0 Å². The Balaban J connectivity index is 1.84. The zero-order valence-electron chi connectivity index (χ0n) is 10.9. The molecule has 0 aliphatic heterocycles. The van der Waals surface area contributed by atoms with Crippen molar-refractivity contribution in [2.45, 2.75) is 32.1 Å². The highest BCUT2D eigenvalue weighted by molar-refractivity contribution is 9.10. The van der Waals surface area contributed by atoms with Gasteiger partial charge in [-0.15, -0.1) is 0 Å². The number of carbonyl (C=O) groups is 1. The number of alkyl halides is 1. The van der Waals surface area contributed by atoms with Crippen molar-refractivity contribution in [2.24, 2.45) is 5.41 Å². The smallest absolute Gasteiger partial charge is 0.224 e. The third-order valence-corrected chi connectivity index (χ3v) is 5.54. The summed E-state index contributed by atoms with van der Waals surface area (Å²) >= 11 is 7.03. The fourth-order valence-electron chi connectivity index (χ4n) is 2.66. The molecule has 1 aliphatic rings. The highest BCUT2D eigenvalue weighted by atomic mass is 79.9. The monoisotopic (exact) mass is 387 g/mol. The normalized spacial score (nSPS) is 17.4. The lowest BCUT2D eigenvalue weighted by molar-refractivity contribution is -0.120. The minimum atomic E-state index is 0.116. The lowest BCUT2D eigenvalue weighted by Gasteiger charge is -2.26. The van der Waals surface area contributed by atoms with E-state index in [4.69, 9.17) is 0 Å². The van der Waals surface area contributed by atoms with Crippen LogP contribution < -0.4 is 5.32 Å². The fourth-order valence-corrected chi connectivity index (χ4v) is 3.87. The molecule has 0 unspecified atom stereocenters. The molecule has 2 rings (SSSR count). The maximum Gasteiger partial charge on any atom is 0.224 e. The topological polar surface area (TPSA) is 29.1 Å². The van der Waals surface area contributed by atoms with Gasteiger partial charge in [-0.2, -0.15) is 0 Å². The Hall–Kier alpha value is -0.350. The van der Waals surface area contributed by atoms with Gasteiger partial charge in [0.05, 0.1) is 6.42 Å². The molecule has 1 aliphatic carbocycles. The molecule has 1 aromatic rings. The van der Waals surface area contributed by atoms with Gasteiger partial charge in [0.1, 0.15) is 0 Å². The van der Waals surface area contributed by atoms with Crippen molar-refractivity contribution < 1.29 is 4.79 Å². The van der Waals surface area contributed by atoms with E-state index in [9.17, 15) is 4.79 Å². The van der Waals surface area contributed by atoms with E-state index in [0.29, 0.717) is 6.42 Å². The van der Waals surface area contributed by atoms with Crippen molar-refractivity contribution >= 4 is 37.8 Å². The summed E-state index contributed by atoms with van der Waals surface area (Å²) in [4.78, 5) is 12.0. The number of amides is 1. The lowest BCUT2D eigenvalue weighted by Crippen LogP contribution is -2.37. The molecular formula is C15H19Br2NO. The first-order chi connectivity index (χ1) is 9.13. The molecule has 1 N–H and O–H groups in total. The number of halogens is 2. The summed E-state index contributed by atoms with van der Waals surface area (Å²) in [5, 5.41) is 4.08. The van der Waals surface area contributed by atoms with E-state index in [2.05, 4.69) is 37.2 Å². The summed E-state index contributed by atoms with van der Waals surface area (Å²) in [5.74, 6) is 0.116. The molecule has 1 fully saturated rings. The minimum absolute atomic E-state index is 0.116. The average Bonchev–Trinajstić information content (AvgIpc) is 2.86. The average molecular weight is 389 g/mol. The van der Waals surface area contributed by atoms with Gasteiger partial charge in [0, 0.05) is 16.3 Å². The molecule has 4 heteroatoms. The van der Waals surface area contributed by atoms with Gasteiger partial charge in [-0.1, -0.05) is 56.8 Å². The van der Waals surface area contributed by atoms with Crippen molar-refractivity contribution in [3.05, 3.63) is 34.3 Å². The quantitative estimate of drug-likeness (QED) is 0.757. The Morgan fingerprint density at radius 1 is 1.32 bits per heavy atom. The SMILES string of the molecule is O=C(Cc1cccc(Br)c1)NCC1(CBr)CCCC1. The van der Waals surface area contributed by atoms with Gasteiger partial charge in [0.25, 0.3) is 0 Å². The van der Waals surface area contributed by atoms with Crippen LogP contribution in [-0.2, 0) is 11.2 Å². The second-order valence-corrected chi connectivity index (χ2v) is 6.90. The van der Waals surface area contributed by atoms with Gasteiger partial charge < -0.3 is 5.32 Å². The first kappa shape index (κ1) is 15.0. The number of benzene rings is 1. The predicted molar refractivity (Wildman–Crippen MR) is 85.6 cm³/mol. The zero-order valence-corrected chi connectivity index (χ0v) is 14.1. The number of carbonyl (C=O) groups excluding carboxylic acids is 1. The lowest BCUT2D eigenvalue weighted by atomic mass is 9.89. The molecule has 0 aromatic heterocycles. The van der Waals surface area contributed by atoms with Gasteiger partial charge in [-0.05, 0) is 36.0 Å². The third-order valence-electron chi connectivity index (χ3n) is 3.86. The molecule has 0 heterocycles. The molecule has 1 aromatic carbocycles. The second-order valence-electron chi connectivity index (χ2n) is 5.42. The second kappa shape index (κ2) is 6.89. The summed E-state index contributed by atoms with van der Waals surface area (Å²) in [5.41, 5.74) is 1.33. The van der Waals surface area contributed by atoms with E-state index in [1.54, 1.807) is 0 Å².